The average Bonchev–Trinajstić information content (AvgIpc) is 2.92. The van der Waals surface area contributed by atoms with Gasteiger partial charge in [-0.3, -0.25) is 10.7 Å². The van der Waals surface area contributed by atoms with Crippen molar-refractivity contribution in [2.75, 3.05) is 13.1 Å². The molecule has 4 rings (SSSR count). The van der Waals surface area contributed by atoms with Gasteiger partial charge >= 0.3 is 22.4 Å². The van der Waals surface area contributed by atoms with Gasteiger partial charge in [-0.2, -0.15) is 0 Å². The summed E-state index contributed by atoms with van der Waals surface area (Å²) >= 11 is 0. The number of carbonyl (C=O) groups excluding carboxylic acids is 1. The van der Waals surface area contributed by atoms with Crippen LogP contribution >= 0.6 is 7.92 Å². The molecule has 1 amide bonds. The van der Waals surface area contributed by atoms with Crippen LogP contribution in [0.15, 0.2) is 115 Å². The van der Waals surface area contributed by atoms with Gasteiger partial charge in [-0.05, 0) is 50.2 Å². The minimum Gasteiger partial charge on any atom is -0.366 e. The summed E-state index contributed by atoms with van der Waals surface area (Å²) in [6.07, 6.45) is 7.00. The molecule has 0 saturated heterocycles. The van der Waals surface area contributed by atoms with Crippen molar-refractivity contribution < 1.29 is 27.2 Å². The first-order valence-corrected chi connectivity index (χ1v) is 13.0. The second-order valence-electron chi connectivity index (χ2n) is 7.66. The van der Waals surface area contributed by atoms with Crippen LogP contribution in [0.4, 0.5) is 0 Å². The van der Waals surface area contributed by atoms with Gasteiger partial charge in [0.15, 0.2) is 0 Å². The van der Waals surface area contributed by atoms with Gasteiger partial charge in [0, 0.05) is 18.7 Å². The summed E-state index contributed by atoms with van der Waals surface area (Å²) in [5.74, 6) is 2.29. The molecule has 0 saturated carbocycles. The first-order valence-electron chi connectivity index (χ1n) is 11.5. The number of benzene rings is 4. The Morgan fingerprint density at radius 2 is 1.14 bits per heavy atom. The van der Waals surface area contributed by atoms with E-state index in [1.54, 1.807) is 29.2 Å². The Morgan fingerprint density at radius 3 is 1.51 bits per heavy atom. The van der Waals surface area contributed by atoms with E-state index in [-0.39, 0.29) is 28.3 Å². The summed E-state index contributed by atoms with van der Waals surface area (Å²) in [6, 6.07) is 39.5. The molecule has 0 aliphatic carbocycles. The number of amides is 1. The molecule has 2 nitrogen and oxygen atoms in total. The third-order valence-electron chi connectivity index (χ3n) is 5.49. The quantitative estimate of drug-likeness (QED) is 0.119. The number of nitrogens with zero attached hydrogens (tertiary/aromatic N) is 1. The molecule has 0 aromatic heterocycles. The molecule has 0 aliphatic heterocycles. The van der Waals surface area contributed by atoms with Gasteiger partial charge in [0.2, 0.25) is 0 Å². The minimum absolute atomic E-state index is 0. The maximum absolute atomic E-state index is 11.9. The average molecular weight is 661 g/mol. The first-order chi connectivity index (χ1) is 16.7. The predicted molar refractivity (Wildman–Crippen MR) is 146 cm³/mol. The molecule has 0 fully saturated rings. The van der Waals surface area contributed by atoms with Crippen molar-refractivity contribution in [1.82, 2.24) is 4.90 Å². The summed E-state index contributed by atoms with van der Waals surface area (Å²) in [5, 5.41) is 4.31. The first kappa shape index (κ1) is 28.3. The van der Waals surface area contributed by atoms with Gasteiger partial charge < -0.3 is 11.3 Å². The van der Waals surface area contributed by atoms with Crippen molar-refractivity contribution in [1.29, 1.82) is 0 Å². The summed E-state index contributed by atoms with van der Waals surface area (Å²) < 4.78 is 0. The molecule has 180 valence electrons. The zero-order chi connectivity index (χ0) is 24.2. The van der Waals surface area contributed by atoms with E-state index < -0.39 is 7.92 Å². The van der Waals surface area contributed by atoms with Crippen molar-refractivity contribution in [3.05, 3.63) is 133 Å². The van der Waals surface area contributed by atoms with Crippen LogP contribution in [0.2, 0.25) is 0 Å². The van der Waals surface area contributed by atoms with Crippen molar-refractivity contribution in [3.63, 3.8) is 0 Å². The van der Waals surface area contributed by atoms with Crippen molar-refractivity contribution in [2.45, 2.75) is 13.8 Å². The second-order valence-corrected chi connectivity index (χ2v) is 10.1. The molecule has 0 unspecified atom stereocenters. The third-order valence-corrected chi connectivity index (χ3v) is 8.22. The van der Waals surface area contributed by atoms with Gasteiger partial charge in [0.25, 0.3) is 5.91 Å². The Morgan fingerprint density at radius 1 is 0.714 bits per heavy atom. The van der Waals surface area contributed by atoms with Crippen LogP contribution in [-0.4, -0.2) is 23.9 Å². The number of rotatable bonds is 6. The van der Waals surface area contributed by atoms with Crippen LogP contribution in [-0.2, 0) is 22.4 Å². The molecule has 0 heterocycles. The van der Waals surface area contributed by atoms with E-state index in [4.69, 9.17) is 6.42 Å². The number of carbonyl (C=O) groups is 1. The van der Waals surface area contributed by atoms with Crippen molar-refractivity contribution >= 4 is 29.7 Å². The monoisotopic (exact) mass is 660 g/mol. The van der Waals surface area contributed by atoms with Crippen LogP contribution in [0.5, 0.6) is 0 Å². The third kappa shape index (κ3) is 8.07. The second kappa shape index (κ2) is 15.2. The fourth-order valence-corrected chi connectivity index (χ4v) is 6.32. The topological polar surface area (TPSA) is 20.3 Å². The molecule has 0 bridgehead atoms. The van der Waals surface area contributed by atoms with Gasteiger partial charge in [-0.1, -0.05) is 66.7 Å². The number of hydrogen-bond acceptors (Lipinski definition) is 1. The van der Waals surface area contributed by atoms with E-state index in [1.165, 1.54) is 15.9 Å². The van der Waals surface area contributed by atoms with Crippen LogP contribution in [0.1, 0.15) is 29.8 Å². The summed E-state index contributed by atoms with van der Waals surface area (Å²) in [6.45, 7) is 5.31. The molecule has 0 atom stereocenters. The van der Waals surface area contributed by atoms with Crippen molar-refractivity contribution in [2.24, 2.45) is 0 Å². The van der Waals surface area contributed by atoms with Gasteiger partial charge in [0.1, 0.15) is 15.9 Å². The van der Waals surface area contributed by atoms with Gasteiger partial charge in [-0.15, -0.1) is 17.7 Å². The van der Waals surface area contributed by atoms with E-state index in [1.807, 2.05) is 13.8 Å². The SMILES string of the molecule is [Au+].[C-]#Cc1cccc(C(=O)N(CC)CC)c1.c1ccc([PH+](c2ccccc2)c2ccccc2)cc1. The van der Waals surface area contributed by atoms with Crippen LogP contribution in [0.25, 0.3) is 0 Å². The molecule has 35 heavy (non-hydrogen) atoms. The smallest absolute Gasteiger partial charge is 0.366 e. The molecule has 4 aromatic rings. The summed E-state index contributed by atoms with van der Waals surface area (Å²) in [4.78, 5) is 13.7. The molecule has 4 aromatic carbocycles. The molecule has 0 aliphatic rings. The molecule has 0 radical (unpaired) electrons. The molecule has 0 spiro atoms. The summed E-state index contributed by atoms with van der Waals surface area (Å²) in [5.41, 5.74) is 1.25. The molecular formula is C31H30AuNOP+. The minimum atomic E-state index is -0.877. The largest absolute Gasteiger partial charge is 1.00 e. The van der Waals surface area contributed by atoms with E-state index >= 15 is 0 Å². The Hall–Kier alpha value is -2.92. The molecule has 4 heteroatoms. The van der Waals surface area contributed by atoms with E-state index in [0.29, 0.717) is 24.2 Å². The van der Waals surface area contributed by atoms with Crippen LogP contribution < -0.4 is 15.9 Å². The fraction of sp³-hybridized carbons (Fsp3) is 0.129. The number of hydrogen-bond donors (Lipinski definition) is 0. The Kier molecular flexibility index (Phi) is 12.3. The zero-order valence-corrected chi connectivity index (χ0v) is 23.2. The molecular weight excluding hydrogens is 630 g/mol. The van der Waals surface area contributed by atoms with E-state index in [0.717, 1.165) is 0 Å². The summed E-state index contributed by atoms with van der Waals surface area (Å²) in [7, 11) is -0.877. The zero-order valence-electron chi connectivity index (χ0n) is 20.0. The van der Waals surface area contributed by atoms with Crippen LogP contribution in [0, 0.1) is 12.3 Å². The Balaban J connectivity index is 0.000000247. The van der Waals surface area contributed by atoms with Gasteiger partial charge in [-0.25, -0.2) is 0 Å². The standard InChI is InChI=1S/C18H15P.C13H14NO.Au/c1-4-10-16(11-5-1)19(17-12-6-2-7-13-17)18-14-8-3-9-15-18;1-4-11-8-7-9-12(10-11)13(15)14(5-2)6-3;/h1-15H;7-10H,5-6H2,2-3H3;/q;-1;+1/p+1. The maximum atomic E-state index is 11.9. The predicted octanol–water partition coefficient (Wildman–Crippen LogP) is 5.28. The Labute approximate surface area is 226 Å². The van der Waals surface area contributed by atoms with Crippen molar-refractivity contribution in [3.8, 4) is 5.92 Å². The van der Waals surface area contributed by atoms with E-state index in [2.05, 4.69) is 96.9 Å². The fourth-order valence-electron chi connectivity index (χ4n) is 3.74. The van der Waals surface area contributed by atoms with E-state index in [9.17, 15) is 4.79 Å². The Bertz CT molecular complexity index is 1110. The normalized spacial score (nSPS) is 9.77. The maximum Gasteiger partial charge on any atom is 1.00 e. The van der Waals surface area contributed by atoms with Gasteiger partial charge in [0.05, 0.1) is 7.92 Å². The van der Waals surface area contributed by atoms with Crippen LogP contribution in [0.3, 0.4) is 0 Å². The molecule has 0 N–H and O–H groups in total.